The summed E-state index contributed by atoms with van der Waals surface area (Å²) >= 11 is 0. The molecule has 1 amide bonds. The summed E-state index contributed by atoms with van der Waals surface area (Å²) in [7, 11) is -3.26. The molecule has 6 nitrogen and oxygen atoms in total. The molecule has 110 valence electrons. The summed E-state index contributed by atoms with van der Waals surface area (Å²) in [4.78, 5) is 13.5. The van der Waals surface area contributed by atoms with Gasteiger partial charge < -0.3 is 9.64 Å². The van der Waals surface area contributed by atoms with Gasteiger partial charge in [0.05, 0.1) is 18.9 Å². The van der Waals surface area contributed by atoms with Crippen molar-refractivity contribution in [3.63, 3.8) is 0 Å². The van der Waals surface area contributed by atoms with Gasteiger partial charge in [0.15, 0.2) is 0 Å². The second-order valence-corrected chi connectivity index (χ2v) is 6.73. The lowest BCUT2D eigenvalue weighted by Gasteiger charge is -2.32. The number of benzene rings is 1. The second-order valence-electron chi connectivity index (χ2n) is 4.89. The zero-order valence-corrected chi connectivity index (χ0v) is 12.3. The van der Waals surface area contributed by atoms with Crippen molar-refractivity contribution < 1.29 is 17.9 Å². The van der Waals surface area contributed by atoms with Crippen LogP contribution in [0.2, 0.25) is 0 Å². The van der Waals surface area contributed by atoms with E-state index in [1.54, 1.807) is 4.90 Å². The molecule has 0 saturated carbocycles. The molecule has 20 heavy (non-hydrogen) atoms. The molecule has 1 aliphatic rings. The number of ether oxygens (including phenoxy) is 1. The fourth-order valence-corrected chi connectivity index (χ4v) is 2.46. The summed E-state index contributed by atoms with van der Waals surface area (Å²) in [5.74, 6) is -0.121. The van der Waals surface area contributed by atoms with Gasteiger partial charge in [-0.25, -0.2) is 13.1 Å². The highest BCUT2D eigenvalue weighted by atomic mass is 32.2. The number of anilines is 1. The van der Waals surface area contributed by atoms with Crippen molar-refractivity contribution in [3.05, 3.63) is 29.8 Å². The Labute approximate surface area is 118 Å². The normalized spacial score (nSPS) is 20.2. The van der Waals surface area contributed by atoms with Crippen LogP contribution in [-0.2, 0) is 19.6 Å². The maximum Gasteiger partial charge on any atom is 0.253 e. The molecule has 2 rings (SSSR count). The Morgan fingerprint density at radius 1 is 1.35 bits per heavy atom. The van der Waals surface area contributed by atoms with Crippen LogP contribution in [-0.4, -0.2) is 46.4 Å². The minimum atomic E-state index is -3.26. The van der Waals surface area contributed by atoms with Gasteiger partial charge in [-0.1, -0.05) is 17.7 Å². The SMILES string of the molecule is Cc1ccc(N2CC(CNS(C)(=O)=O)OCC2=O)cc1. The second kappa shape index (κ2) is 5.90. The Morgan fingerprint density at radius 2 is 2.00 bits per heavy atom. The minimum Gasteiger partial charge on any atom is -0.365 e. The number of morpholine rings is 1. The third kappa shape index (κ3) is 4.03. The van der Waals surface area contributed by atoms with Crippen molar-refractivity contribution in [1.82, 2.24) is 4.72 Å². The number of carbonyl (C=O) groups is 1. The van der Waals surface area contributed by atoms with E-state index in [2.05, 4.69) is 4.72 Å². The number of sulfonamides is 1. The van der Waals surface area contributed by atoms with Crippen LogP contribution < -0.4 is 9.62 Å². The Balaban J connectivity index is 2.05. The number of rotatable bonds is 4. The molecule has 0 spiro atoms. The van der Waals surface area contributed by atoms with Gasteiger partial charge in [-0.05, 0) is 19.1 Å². The summed E-state index contributed by atoms with van der Waals surface area (Å²) in [6.07, 6.45) is 0.752. The number of nitrogens with zero attached hydrogens (tertiary/aromatic N) is 1. The number of hydrogen-bond donors (Lipinski definition) is 1. The molecule has 7 heteroatoms. The zero-order chi connectivity index (χ0) is 14.8. The fraction of sp³-hybridized carbons (Fsp3) is 0.462. The van der Waals surface area contributed by atoms with Crippen LogP contribution in [0.15, 0.2) is 24.3 Å². The number of amides is 1. The molecule has 1 heterocycles. The summed E-state index contributed by atoms with van der Waals surface area (Å²) in [6.45, 7) is 2.44. The van der Waals surface area contributed by atoms with Gasteiger partial charge in [-0.15, -0.1) is 0 Å². The Kier molecular flexibility index (Phi) is 4.42. The number of aryl methyl sites for hydroxylation is 1. The van der Waals surface area contributed by atoms with E-state index in [0.717, 1.165) is 17.5 Å². The number of hydrogen-bond acceptors (Lipinski definition) is 4. The van der Waals surface area contributed by atoms with Gasteiger partial charge in [-0.2, -0.15) is 0 Å². The van der Waals surface area contributed by atoms with Crippen molar-refractivity contribution in [3.8, 4) is 0 Å². The van der Waals surface area contributed by atoms with Crippen LogP contribution in [0.1, 0.15) is 5.56 Å². The van der Waals surface area contributed by atoms with E-state index in [9.17, 15) is 13.2 Å². The molecule has 1 saturated heterocycles. The standard InChI is InChI=1S/C13H18N2O4S/c1-10-3-5-11(6-4-10)15-8-12(19-9-13(15)16)7-14-20(2,17)18/h3-6,12,14H,7-9H2,1-2H3. The molecule has 0 radical (unpaired) electrons. The van der Waals surface area contributed by atoms with E-state index in [1.165, 1.54) is 0 Å². The van der Waals surface area contributed by atoms with Crippen molar-refractivity contribution in [2.24, 2.45) is 0 Å². The molecule has 1 aromatic carbocycles. The maximum absolute atomic E-state index is 11.9. The predicted molar refractivity (Wildman–Crippen MR) is 76.1 cm³/mol. The topological polar surface area (TPSA) is 75.7 Å². The summed E-state index contributed by atoms with van der Waals surface area (Å²) < 4.78 is 29.9. The molecule has 0 aromatic heterocycles. The molecule has 1 N–H and O–H groups in total. The van der Waals surface area contributed by atoms with E-state index < -0.39 is 10.0 Å². The molecule has 1 unspecified atom stereocenters. The molecule has 0 aliphatic carbocycles. The average molecular weight is 298 g/mol. The van der Waals surface area contributed by atoms with E-state index in [4.69, 9.17) is 4.74 Å². The highest BCUT2D eigenvalue weighted by molar-refractivity contribution is 7.88. The lowest BCUT2D eigenvalue weighted by Crippen LogP contribution is -2.50. The largest absolute Gasteiger partial charge is 0.365 e. The highest BCUT2D eigenvalue weighted by Crippen LogP contribution is 2.19. The molecular formula is C13H18N2O4S. The fourth-order valence-electron chi connectivity index (χ4n) is 1.97. The third-order valence-corrected chi connectivity index (χ3v) is 3.74. The summed E-state index contributed by atoms with van der Waals surface area (Å²) in [6, 6.07) is 7.61. The van der Waals surface area contributed by atoms with E-state index in [0.29, 0.717) is 6.54 Å². The van der Waals surface area contributed by atoms with Gasteiger partial charge in [0.1, 0.15) is 6.61 Å². The average Bonchev–Trinajstić information content (AvgIpc) is 2.38. The molecule has 0 bridgehead atoms. The first-order chi connectivity index (χ1) is 9.35. The molecular weight excluding hydrogens is 280 g/mol. The monoisotopic (exact) mass is 298 g/mol. The molecule has 1 atom stereocenters. The predicted octanol–water partition coefficient (Wildman–Crippen LogP) is 0.276. The van der Waals surface area contributed by atoms with Crippen LogP contribution in [0.4, 0.5) is 5.69 Å². The zero-order valence-electron chi connectivity index (χ0n) is 11.5. The van der Waals surface area contributed by atoms with Crippen molar-refractivity contribution in [2.45, 2.75) is 13.0 Å². The Morgan fingerprint density at radius 3 is 2.60 bits per heavy atom. The smallest absolute Gasteiger partial charge is 0.253 e. The Hall–Kier alpha value is -1.44. The summed E-state index contributed by atoms with van der Waals surface area (Å²) in [5.41, 5.74) is 1.91. The first-order valence-electron chi connectivity index (χ1n) is 6.28. The van der Waals surface area contributed by atoms with Gasteiger partial charge in [-0.3, -0.25) is 4.79 Å². The van der Waals surface area contributed by atoms with Crippen LogP contribution in [0.3, 0.4) is 0 Å². The molecule has 1 aliphatic heterocycles. The summed E-state index contributed by atoms with van der Waals surface area (Å²) in [5, 5.41) is 0. The third-order valence-electron chi connectivity index (χ3n) is 3.05. The number of carbonyl (C=O) groups excluding carboxylic acids is 1. The molecule has 1 fully saturated rings. The van der Waals surface area contributed by atoms with Gasteiger partial charge in [0, 0.05) is 12.2 Å². The van der Waals surface area contributed by atoms with Crippen LogP contribution in [0.5, 0.6) is 0 Å². The van der Waals surface area contributed by atoms with E-state index in [-0.39, 0.29) is 25.2 Å². The highest BCUT2D eigenvalue weighted by Gasteiger charge is 2.27. The van der Waals surface area contributed by atoms with Crippen molar-refractivity contribution in [2.75, 3.05) is 30.9 Å². The quantitative estimate of drug-likeness (QED) is 0.866. The lowest BCUT2D eigenvalue weighted by atomic mass is 10.2. The van der Waals surface area contributed by atoms with E-state index in [1.807, 2.05) is 31.2 Å². The molecule has 1 aromatic rings. The maximum atomic E-state index is 11.9. The van der Waals surface area contributed by atoms with Gasteiger partial charge >= 0.3 is 0 Å². The van der Waals surface area contributed by atoms with Gasteiger partial charge in [0.25, 0.3) is 5.91 Å². The van der Waals surface area contributed by atoms with E-state index >= 15 is 0 Å². The minimum absolute atomic E-state index is 0.0377. The van der Waals surface area contributed by atoms with Crippen LogP contribution in [0, 0.1) is 6.92 Å². The Bertz CT molecular complexity index is 583. The first kappa shape index (κ1) is 15.0. The van der Waals surface area contributed by atoms with Gasteiger partial charge in [0.2, 0.25) is 10.0 Å². The first-order valence-corrected chi connectivity index (χ1v) is 8.17. The van der Waals surface area contributed by atoms with Crippen LogP contribution in [0.25, 0.3) is 0 Å². The number of nitrogens with one attached hydrogen (secondary N) is 1. The van der Waals surface area contributed by atoms with Crippen LogP contribution >= 0.6 is 0 Å². The van der Waals surface area contributed by atoms with Crippen molar-refractivity contribution >= 4 is 21.6 Å². The van der Waals surface area contributed by atoms with Crippen molar-refractivity contribution in [1.29, 1.82) is 0 Å². The lowest BCUT2D eigenvalue weighted by molar-refractivity contribution is -0.129.